The van der Waals surface area contributed by atoms with E-state index in [1.165, 1.54) is 0 Å². The number of aromatic nitrogens is 6. The van der Waals surface area contributed by atoms with Gasteiger partial charge in [-0.15, -0.1) is 5.10 Å². The van der Waals surface area contributed by atoms with Crippen molar-refractivity contribution >= 4 is 16.7 Å². The molecule has 7 heteroatoms. The molecule has 1 aromatic carbocycles. The zero-order valence-electron chi connectivity index (χ0n) is 13.5. The van der Waals surface area contributed by atoms with Crippen LogP contribution in [0.4, 0.5) is 0 Å². The quantitative estimate of drug-likeness (QED) is 0.493. The second-order valence-corrected chi connectivity index (χ2v) is 5.77. The Morgan fingerprint density at radius 2 is 1.73 bits per heavy atom. The summed E-state index contributed by atoms with van der Waals surface area (Å²) in [4.78, 5) is 25.7. The molecular weight excluding hydrogens is 328 g/mol. The fourth-order valence-electron chi connectivity index (χ4n) is 2.93. The molecule has 4 heterocycles. The van der Waals surface area contributed by atoms with Gasteiger partial charge in [0.1, 0.15) is 0 Å². The van der Waals surface area contributed by atoms with E-state index in [1.54, 1.807) is 33.9 Å². The normalized spacial score (nSPS) is 11.2. The Kier molecular flexibility index (Phi) is 3.11. The summed E-state index contributed by atoms with van der Waals surface area (Å²) in [6, 6.07) is 15.0. The molecule has 7 nitrogen and oxygen atoms in total. The number of para-hydroxylation sites is 1. The molecule has 124 valence electrons. The average molecular weight is 340 g/mol. The molecule has 0 atom stereocenters. The van der Waals surface area contributed by atoms with E-state index >= 15 is 0 Å². The fraction of sp³-hybridized carbons (Fsp3) is 0. The molecule has 0 radical (unpaired) electrons. The molecule has 0 aliphatic rings. The molecule has 5 aromatic rings. The smallest absolute Gasteiger partial charge is 0.266 e. The van der Waals surface area contributed by atoms with Crippen molar-refractivity contribution in [1.29, 1.82) is 0 Å². The maximum absolute atomic E-state index is 12.9. The van der Waals surface area contributed by atoms with Crippen LogP contribution in [-0.4, -0.2) is 29.1 Å². The number of hydrogen-bond donors (Lipinski definition) is 0. The third-order valence-electron chi connectivity index (χ3n) is 4.21. The Balaban J connectivity index is 1.75. The van der Waals surface area contributed by atoms with Crippen molar-refractivity contribution in [1.82, 2.24) is 29.1 Å². The molecule has 0 unspecified atom stereocenters. The molecular formula is C19H12N6O. The molecule has 26 heavy (non-hydrogen) atoms. The van der Waals surface area contributed by atoms with Crippen molar-refractivity contribution in [3.05, 3.63) is 83.7 Å². The molecule has 0 saturated carbocycles. The van der Waals surface area contributed by atoms with Crippen molar-refractivity contribution in [2.75, 3.05) is 0 Å². The molecule has 0 fully saturated rings. The molecule has 0 aliphatic carbocycles. The van der Waals surface area contributed by atoms with Crippen molar-refractivity contribution in [3.63, 3.8) is 0 Å². The fourth-order valence-corrected chi connectivity index (χ4v) is 2.93. The summed E-state index contributed by atoms with van der Waals surface area (Å²) in [5.74, 6) is 0.987. The van der Waals surface area contributed by atoms with Crippen molar-refractivity contribution < 1.29 is 0 Å². The molecule has 0 N–H and O–H groups in total. The lowest BCUT2D eigenvalue weighted by Gasteiger charge is -2.07. The lowest BCUT2D eigenvalue weighted by molar-refractivity contribution is 0.960. The SMILES string of the molecule is O=c1c2cnc3nc(-c4ccncc4)nn3c2ccn1-c1ccccc1. The summed E-state index contributed by atoms with van der Waals surface area (Å²) in [6.07, 6.45) is 6.67. The van der Waals surface area contributed by atoms with Gasteiger partial charge in [-0.1, -0.05) is 18.2 Å². The standard InChI is InChI=1S/C19H12N6O/c26-18-15-12-21-19-22-17(13-6-9-20-10-7-13)23-25(19)16(15)8-11-24(18)14-4-2-1-3-5-14/h1-12H. The van der Waals surface area contributed by atoms with Crippen LogP contribution in [0.3, 0.4) is 0 Å². The van der Waals surface area contributed by atoms with Gasteiger partial charge in [-0.05, 0) is 30.3 Å². The van der Waals surface area contributed by atoms with Gasteiger partial charge in [0.05, 0.1) is 10.9 Å². The number of rotatable bonds is 2. The number of benzene rings is 1. The summed E-state index contributed by atoms with van der Waals surface area (Å²) in [7, 11) is 0. The Hall–Kier alpha value is -3.87. The number of nitrogens with zero attached hydrogens (tertiary/aromatic N) is 6. The van der Waals surface area contributed by atoms with Crippen LogP contribution in [0.1, 0.15) is 0 Å². The molecule has 0 saturated heterocycles. The van der Waals surface area contributed by atoms with Crippen LogP contribution in [-0.2, 0) is 0 Å². The van der Waals surface area contributed by atoms with E-state index in [9.17, 15) is 4.79 Å². The van der Waals surface area contributed by atoms with Crippen molar-refractivity contribution in [2.24, 2.45) is 0 Å². The van der Waals surface area contributed by atoms with Crippen LogP contribution < -0.4 is 5.56 Å². The Labute approximate surface area is 147 Å². The summed E-state index contributed by atoms with van der Waals surface area (Å²) in [5.41, 5.74) is 2.16. The second kappa shape index (κ2) is 5.59. The lowest BCUT2D eigenvalue weighted by Crippen LogP contribution is -2.18. The highest BCUT2D eigenvalue weighted by atomic mass is 16.1. The maximum Gasteiger partial charge on any atom is 0.266 e. The zero-order valence-corrected chi connectivity index (χ0v) is 13.5. The van der Waals surface area contributed by atoms with Crippen molar-refractivity contribution in [3.8, 4) is 17.1 Å². The van der Waals surface area contributed by atoms with Crippen LogP contribution in [0, 0.1) is 0 Å². The Morgan fingerprint density at radius 3 is 2.54 bits per heavy atom. The minimum atomic E-state index is -0.149. The highest BCUT2D eigenvalue weighted by molar-refractivity contribution is 5.79. The van der Waals surface area contributed by atoms with E-state index in [4.69, 9.17) is 0 Å². The number of pyridine rings is 2. The van der Waals surface area contributed by atoms with Gasteiger partial charge in [0.25, 0.3) is 11.3 Å². The first-order valence-electron chi connectivity index (χ1n) is 8.04. The molecule has 0 bridgehead atoms. The first-order valence-corrected chi connectivity index (χ1v) is 8.04. The first kappa shape index (κ1) is 14.5. The summed E-state index contributed by atoms with van der Waals surface area (Å²) >= 11 is 0. The molecule has 0 spiro atoms. The summed E-state index contributed by atoms with van der Waals surface area (Å²) in [6.45, 7) is 0. The Bertz CT molecular complexity index is 1290. The van der Waals surface area contributed by atoms with Crippen LogP contribution in [0.15, 0.2) is 78.1 Å². The maximum atomic E-state index is 12.9. The first-order chi connectivity index (χ1) is 12.8. The molecule has 4 aromatic heterocycles. The van der Waals surface area contributed by atoms with Gasteiger partial charge in [-0.25, -0.2) is 4.98 Å². The van der Waals surface area contributed by atoms with Gasteiger partial charge in [-0.2, -0.15) is 9.50 Å². The van der Waals surface area contributed by atoms with Crippen LogP contribution >= 0.6 is 0 Å². The van der Waals surface area contributed by atoms with Gasteiger partial charge in [0, 0.05) is 36.0 Å². The van der Waals surface area contributed by atoms with Gasteiger partial charge >= 0.3 is 0 Å². The van der Waals surface area contributed by atoms with E-state index in [1.807, 2.05) is 48.5 Å². The van der Waals surface area contributed by atoms with Crippen LogP contribution in [0.5, 0.6) is 0 Å². The van der Waals surface area contributed by atoms with Crippen molar-refractivity contribution in [2.45, 2.75) is 0 Å². The van der Waals surface area contributed by atoms with E-state index in [0.29, 0.717) is 22.5 Å². The lowest BCUT2D eigenvalue weighted by atomic mass is 10.2. The van der Waals surface area contributed by atoms with E-state index in [-0.39, 0.29) is 5.56 Å². The highest BCUT2D eigenvalue weighted by Crippen LogP contribution is 2.17. The molecule has 0 amide bonds. The predicted octanol–water partition coefficient (Wildman–Crippen LogP) is 2.49. The summed E-state index contributed by atoms with van der Waals surface area (Å²) < 4.78 is 3.19. The average Bonchev–Trinajstić information content (AvgIpc) is 3.14. The third kappa shape index (κ3) is 2.18. The monoisotopic (exact) mass is 340 g/mol. The third-order valence-corrected chi connectivity index (χ3v) is 4.21. The number of hydrogen-bond acceptors (Lipinski definition) is 5. The minimum Gasteiger partial charge on any atom is -0.284 e. The predicted molar refractivity (Wildman–Crippen MR) is 97.1 cm³/mol. The van der Waals surface area contributed by atoms with Gasteiger partial charge < -0.3 is 0 Å². The molecule has 5 rings (SSSR count). The molecule has 0 aliphatic heterocycles. The van der Waals surface area contributed by atoms with Crippen LogP contribution in [0.25, 0.3) is 33.8 Å². The second-order valence-electron chi connectivity index (χ2n) is 5.77. The largest absolute Gasteiger partial charge is 0.284 e. The van der Waals surface area contributed by atoms with E-state index in [0.717, 1.165) is 11.3 Å². The minimum absolute atomic E-state index is 0.149. The zero-order chi connectivity index (χ0) is 17.5. The highest BCUT2D eigenvalue weighted by Gasteiger charge is 2.12. The van der Waals surface area contributed by atoms with Crippen LogP contribution in [0.2, 0.25) is 0 Å². The topological polar surface area (TPSA) is 78.0 Å². The van der Waals surface area contributed by atoms with E-state index in [2.05, 4.69) is 20.1 Å². The van der Waals surface area contributed by atoms with Gasteiger partial charge in [0.2, 0.25) is 0 Å². The Morgan fingerprint density at radius 1 is 0.923 bits per heavy atom. The van der Waals surface area contributed by atoms with Gasteiger partial charge in [0.15, 0.2) is 5.82 Å². The van der Waals surface area contributed by atoms with E-state index < -0.39 is 0 Å². The summed E-state index contributed by atoms with van der Waals surface area (Å²) in [5, 5.41) is 5.00. The number of fused-ring (bicyclic) bond motifs is 3. The van der Waals surface area contributed by atoms with Gasteiger partial charge in [-0.3, -0.25) is 14.3 Å².